The molecule has 1 aliphatic carbocycles. The van der Waals surface area contributed by atoms with Crippen LogP contribution in [0.3, 0.4) is 0 Å². The van der Waals surface area contributed by atoms with Gasteiger partial charge >= 0.3 is 0 Å². The SMILES string of the molecule is CC(C)(C)[C@H](NS(C)(=O)=O)C(=O)N1C[C@H]2[C@H]([C@H]1C(=O)N[C@@H](C[C@@H]1CCNC1=O)C(N)=O)C2(C)C. The molecule has 192 valence electrons. The third-order valence-corrected chi connectivity index (χ3v) is 8.21. The summed E-state index contributed by atoms with van der Waals surface area (Å²) >= 11 is 0. The molecule has 0 aromatic rings. The highest BCUT2D eigenvalue weighted by molar-refractivity contribution is 7.88. The van der Waals surface area contributed by atoms with Crippen LogP contribution in [0.15, 0.2) is 0 Å². The molecule has 0 bridgehead atoms. The van der Waals surface area contributed by atoms with Gasteiger partial charge in [0.2, 0.25) is 33.7 Å². The van der Waals surface area contributed by atoms with Crippen LogP contribution in [0.25, 0.3) is 0 Å². The largest absolute Gasteiger partial charge is 0.368 e. The Kier molecular flexibility index (Phi) is 6.82. The molecule has 0 spiro atoms. The van der Waals surface area contributed by atoms with Crippen molar-refractivity contribution in [2.75, 3.05) is 19.3 Å². The van der Waals surface area contributed by atoms with Crippen LogP contribution >= 0.6 is 0 Å². The van der Waals surface area contributed by atoms with Gasteiger partial charge in [0.15, 0.2) is 0 Å². The molecule has 11 nitrogen and oxygen atoms in total. The molecule has 3 aliphatic rings. The molecule has 34 heavy (non-hydrogen) atoms. The number of likely N-dealkylation sites (tertiary alicyclic amines) is 1. The van der Waals surface area contributed by atoms with E-state index in [4.69, 9.17) is 5.73 Å². The molecule has 5 N–H and O–H groups in total. The lowest BCUT2D eigenvalue weighted by molar-refractivity contribution is -0.144. The van der Waals surface area contributed by atoms with Crippen LogP contribution in [-0.4, -0.2) is 74.4 Å². The van der Waals surface area contributed by atoms with Gasteiger partial charge in [0, 0.05) is 19.0 Å². The molecule has 3 rings (SSSR count). The number of fused-ring (bicyclic) bond motifs is 1. The van der Waals surface area contributed by atoms with E-state index < -0.39 is 57.2 Å². The minimum absolute atomic E-state index is 0.0821. The van der Waals surface area contributed by atoms with Gasteiger partial charge in [-0.1, -0.05) is 34.6 Å². The van der Waals surface area contributed by atoms with Crippen molar-refractivity contribution >= 4 is 33.7 Å². The molecule has 4 amide bonds. The minimum atomic E-state index is -3.69. The summed E-state index contributed by atoms with van der Waals surface area (Å²) in [6.07, 6.45) is 1.63. The summed E-state index contributed by atoms with van der Waals surface area (Å²) in [6.45, 7) is 10.1. The number of hydrogen-bond acceptors (Lipinski definition) is 6. The van der Waals surface area contributed by atoms with Crippen LogP contribution in [0.5, 0.6) is 0 Å². The first-order chi connectivity index (χ1) is 15.4. The van der Waals surface area contributed by atoms with Crippen molar-refractivity contribution in [3.8, 4) is 0 Å². The topological polar surface area (TPSA) is 168 Å². The average molecular weight is 500 g/mol. The number of primary amides is 1. The van der Waals surface area contributed by atoms with Crippen molar-refractivity contribution in [2.45, 2.75) is 65.6 Å². The number of sulfonamides is 1. The van der Waals surface area contributed by atoms with Crippen molar-refractivity contribution < 1.29 is 27.6 Å². The molecule has 2 saturated heterocycles. The number of rotatable bonds is 8. The number of amides is 4. The third-order valence-electron chi connectivity index (χ3n) is 7.55. The number of carbonyl (C=O) groups excluding carboxylic acids is 4. The van der Waals surface area contributed by atoms with Crippen molar-refractivity contribution in [2.24, 2.45) is 34.3 Å². The van der Waals surface area contributed by atoms with Gasteiger partial charge < -0.3 is 21.3 Å². The van der Waals surface area contributed by atoms with Crippen molar-refractivity contribution in [3.05, 3.63) is 0 Å². The second-order valence-electron chi connectivity index (χ2n) is 11.6. The summed E-state index contributed by atoms with van der Waals surface area (Å²) in [6, 6.07) is -2.97. The summed E-state index contributed by atoms with van der Waals surface area (Å²) in [4.78, 5) is 52.5. The lowest BCUT2D eigenvalue weighted by Crippen LogP contribution is -2.60. The third kappa shape index (κ3) is 5.22. The second-order valence-corrected chi connectivity index (χ2v) is 13.3. The quantitative estimate of drug-likeness (QED) is 0.332. The standard InChI is InChI=1S/C22H37N5O6S/c1-21(2,3)16(26-34(6,32)33)20(31)27-10-12-14(22(12,4)5)15(27)19(30)25-13(17(23)28)9-11-7-8-24-18(11)29/h11-16,26H,7-10H2,1-6H3,(H2,23,28)(H,24,29)(H,25,30)/t11-,12-,13-,14+,15-,16+/m0/s1. The normalized spacial score (nSPS) is 29.7. The van der Waals surface area contributed by atoms with E-state index in [-0.39, 0.29) is 29.6 Å². The van der Waals surface area contributed by atoms with E-state index in [1.807, 2.05) is 13.8 Å². The molecule has 6 atom stereocenters. The van der Waals surface area contributed by atoms with E-state index in [0.717, 1.165) is 6.26 Å². The van der Waals surface area contributed by atoms with Gasteiger partial charge in [-0.3, -0.25) is 19.2 Å². The van der Waals surface area contributed by atoms with Gasteiger partial charge in [-0.05, 0) is 35.5 Å². The maximum atomic E-state index is 13.6. The Labute approximate surface area is 201 Å². The Morgan fingerprint density at radius 1 is 1.26 bits per heavy atom. The number of carbonyl (C=O) groups is 4. The summed E-state index contributed by atoms with van der Waals surface area (Å²) in [5, 5.41) is 5.39. The Morgan fingerprint density at radius 3 is 2.35 bits per heavy atom. The monoisotopic (exact) mass is 499 g/mol. The number of nitrogens with zero attached hydrogens (tertiary/aromatic N) is 1. The van der Waals surface area contributed by atoms with Crippen LogP contribution in [0.2, 0.25) is 0 Å². The molecule has 1 saturated carbocycles. The molecule has 12 heteroatoms. The molecular formula is C22H37N5O6S. The molecule has 3 fully saturated rings. The maximum absolute atomic E-state index is 13.6. The molecule has 0 unspecified atom stereocenters. The summed E-state index contributed by atoms with van der Waals surface area (Å²) < 4.78 is 26.4. The number of piperidine rings is 1. The predicted octanol–water partition coefficient (Wildman–Crippen LogP) is -1.07. The molecule has 2 heterocycles. The van der Waals surface area contributed by atoms with Gasteiger partial charge in [-0.2, -0.15) is 0 Å². The van der Waals surface area contributed by atoms with Crippen molar-refractivity contribution in [1.82, 2.24) is 20.3 Å². The Balaban J connectivity index is 1.84. The van der Waals surface area contributed by atoms with Crippen LogP contribution in [-0.2, 0) is 29.2 Å². The van der Waals surface area contributed by atoms with Crippen LogP contribution in [0.1, 0.15) is 47.5 Å². The zero-order valence-electron chi connectivity index (χ0n) is 20.7. The van der Waals surface area contributed by atoms with Gasteiger partial charge in [-0.25, -0.2) is 13.1 Å². The summed E-state index contributed by atoms with van der Waals surface area (Å²) in [5.74, 6) is -2.39. The fourth-order valence-electron chi connectivity index (χ4n) is 5.45. The molecule has 0 aromatic carbocycles. The van der Waals surface area contributed by atoms with Crippen molar-refractivity contribution in [1.29, 1.82) is 0 Å². The summed E-state index contributed by atoms with van der Waals surface area (Å²) in [7, 11) is -3.69. The van der Waals surface area contributed by atoms with E-state index in [1.165, 1.54) is 4.90 Å². The maximum Gasteiger partial charge on any atom is 0.243 e. The van der Waals surface area contributed by atoms with E-state index >= 15 is 0 Å². The first kappa shape index (κ1) is 26.4. The van der Waals surface area contributed by atoms with Crippen LogP contribution < -0.4 is 21.1 Å². The number of hydrogen-bond donors (Lipinski definition) is 4. The van der Waals surface area contributed by atoms with E-state index in [9.17, 15) is 27.6 Å². The molecular weight excluding hydrogens is 462 g/mol. The van der Waals surface area contributed by atoms with Crippen LogP contribution in [0, 0.1) is 28.6 Å². The zero-order valence-corrected chi connectivity index (χ0v) is 21.5. The fourth-order valence-corrected chi connectivity index (χ4v) is 6.33. The van der Waals surface area contributed by atoms with E-state index in [2.05, 4.69) is 15.4 Å². The molecule has 0 aromatic heterocycles. The number of nitrogens with two attached hydrogens (primary N) is 1. The smallest absolute Gasteiger partial charge is 0.243 e. The van der Waals surface area contributed by atoms with Gasteiger partial charge in [-0.15, -0.1) is 0 Å². The van der Waals surface area contributed by atoms with Crippen molar-refractivity contribution in [3.63, 3.8) is 0 Å². The summed E-state index contributed by atoms with van der Waals surface area (Å²) in [5.41, 5.74) is 4.62. The Bertz CT molecular complexity index is 988. The predicted molar refractivity (Wildman–Crippen MR) is 124 cm³/mol. The average Bonchev–Trinajstić information content (AvgIpc) is 3.05. The Hall–Kier alpha value is -2.21. The number of nitrogens with one attached hydrogen (secondary N) is 3. The zero-order chi connectivity index (χ0) is 25.8. The highest BCUT2D eigenvalue weighted by Gasteiger charge is 2.69. The van der Waals surface area contributed by atoms with Gasteiger partial charge in [0.05, 0.1) is 6.26 Å². The van der Waals surface area contributed by atoms with Crippen LogP contribution in [0.4, 0.5) is 0 Å². The first-order valence-electron chi connectivity index (χ1n) is 11.6. The second kappa shape index (κ2) is 8.78. The highest BCUT2D eigenvalue weighted by atomic mass is 32.2. The first-order valence-corrected chi connectivity index (χ1v) is 13.5. The molecule has 0 radical (unpaired) electrons. The lowest BCUT2D eigenvalue weighted by atomic mass is 9.86. The fraction of sp³-hybridized carbons (Fsp3) is 0.818. The Morgan fingerprint density at radius 2 is 1.88 bits per heavy atom. The van der Waals surface area contributed by atoms with E-state index in [1.54, 1.807) is 20.8 Å². The minimum Gasteiger partial charge on any atom is -0.368 e. The lowest BCUT2D eigenvalue weighted by Gasteiger charge is -2.37. The van der Waals surface area contributed by atoms with Gasteiger partial charge in [0.25, 0.3) is 0 Å². The van der Waals surface area contributed by atoms with E-state index in [0.29, 0.717) is 19.5 Å². The highest BCUT2D eigenvalue weighted by Crippen LogP contribution is 2.65. The van der Waals surface area contributed by atoms with Gasteiger partial charge in [0.1, 0.15) is 18.1 Å². The molecule has 2 aliphatic heterocycles.